The molecule has 0 saturated heterocycles. The second kappa shape index (κ2) is 4.08. The standard InChI is InChI=1S/C11H18S/c1-5-8(3)11-9(4)7-12-10(11)6-2/h7-8H,5-6H2,1-4H3. The minimum atomic E-state index is 0.742. The van der Waals surface area contributed by atoms with E-state index in [9.17, 15) is 0 Å². The molecule has 1 aromatic heterocycles. The van der Waals surface area contributed by atoms with Crippen LogP contribution in [0.1, 0.15) is 49.1 Å². The number of hydrogen-bond donors (Lipinski definition) is 0. The number of rotatable bonds is 3. The third-order valence-electron chi connectivity index (χ3n) is 2.53. The highest BCUT2D eigenvalue weighted by Gasteiger charge is 2.12. The predicted molar refractivity (Wildman–Crippen MR) is 57.1 cm³/mol. The van der Waals surface area contributed by atoms with Crippen LogP contribution in [0, 0.1) is 6.92 Å². The van der Waals surface area contributed by atoms with Crippen LogP contribution in [0.2, 0.25) is 0 Å². The molecule has 0 aliphatic carbocycles. The maximum Gasteiger partial charge on any atom is 0.00799 e. The lowest BCUT2D eigenvalue weighted by atomic mass is 9.95. The molecule has 0 saturated carbocycles. The van der Waals surface area contributed by atoms with Crippen molar-refractivity contribution in [3.63, 3.8) is 0 Å². The fraction of sp³-hybridized carbons (Fsp3) is 0.636. The third-order valence-corrected chi connectivity index (χ3v) is 3.79. The Balaban J connectivity index is 3.01. The molecule has 0 spiro atoms. The summed E-state index contributed by atoms with van der Waals surface area (Å²) in [5, 5.41) is 2.29. The third kappa shape index (κ3) is 1.71. The number of thiophene rings is 1. The molecule has 1 heterocycles. The summed E-state index contributed by atoms with van der Waals surface area (Å²) < 4.78 is 0. The summed E-state index contributed by atoms with van der Waals surface area (Å²) in [6.45, 7) is 9.07. The smallest absolute Gasteiger partial charge is 0.00799 e. The molecule has 0 N–H and O–H groups in total. The van der Waals surface area contributed by atoms with Gasteiger partial charge in [-0.1, -0.05) is 20.8 Å². The topological polar surface area (TPSA) is 0 Å². The van der Waals surface area contributed by atoms with Crippen molar-refractivity contribution in [3.8, 4) is 0 Å². The number of aryl methyl sites for hydroxylation is 2. The predicted octanol–water partition coefficient (Wildman–Crippen LogP) is 4.13. The minimum Gasteiger partial charge on any atom is -0.148 e. The van der Waals surface area contributed by atoms with Gasteiger partial charge in [-0.05, 0) is 42.2 Å². The van der Waals surface area contributed by atoms with Gasteiger partial charge in [0.05, 0.1) is 0 Å². The van der Waals surface area contributed by atoms with Crippen molar-refractivity contribution in [1.29, 1.82) is 0 Å². The summed E-state index contributed by atoms with van der Waals surface area (Å²) in [6.07, 6.45) is 2.45. The molecular formula is C11H18S. The Morgan fingerprint density at radius 2 is 2.08 bits per heavy atom. The normalized spacial score (nSPS) is 13.3. The number of hydrogen-bond acceptors (Lipinski definition) is 1. The lowest BCUT2D eigenvalue weighted by Crippen LogP contribution is -1.95. The van der Waals surface area contributed by atoms with Gasteiger partial charge in [-0.3, -0.25) is 0 Å². The van der Waals surface area contributed by atoms with E-state index in [4.69, 9.17) is 0 Å². The van der Waals surface area contributed by atoms with Crippen LogP contribution in [0.25, 0.3) is 0 Å². The summed E-state index contributed by atoms with van der Waals surface area (Å²) in [4.78, 5) is 1.59. The average Bonchev–Trinajstić information content (AvgIpc) is 2.45. The van der Waals surface area contributed by atoms with Crippen molar-refractivity contribution >= 4 is 11.3 Å². The molecule has 1 aromatic rings. The highest BCUT2D eigenvalue weighted by atomic mass is 32.1. The summed E-state index contributed by atoms with van der Waals surface area (Å²) in [5.74, 6) is 0.742. The van der Waals surface area contributed by atoms with Gasteiger partial charge in [-0.25, -0.2) is 0 Å². The lowest BCUT2D eigenvalue weighted by molar-refractivity contribution is 0.724. The Labute approximate surface area is 79.6 Å². The molecule has 1 atom stereocenters. The van der Waals surface area contributed by atoms with E-state index in [2.05, 4.69) is 33.1 Å². The van der Waals surface area contributed by atoms with Gasteiger partial charge in [-0.15, -0.1) is 11.3 Å². The second-order valence-electron chi connectivity index (χ2n) is 3.42. The molecular weight excluding hydrogens is 164 g/mol. The van der Waals surface area contributed by atoms with Gasteiger partial charge < -0.3 is 0 Å². The van der Waals surface area contributed by atoms with Gasteiger partial charge >= 0.3 is 0 Å². The highest BCUT2D eigenvalue weighted by Crippen LogP contribution is 2.31. The SMILES string of the molecule is CCc1scc(C)c1C(C)CC. The monoisotopic (exact) mass is 182 g/mol. The van der Waals surface area contributed by atoms with E-state index in [-0.39, 0.29) is 0 Å². The molecule has 68 valence electrons. The first-order valence-corrected chi connectivity index (χ1v) is 5.65. The molecule has 1 unspecified atom stereocenters. The molecule has 0 fully saturated rings. The van der Waals surface area contributed by atoms with Gasteiger partial charge in [0.25, 0.3) is 0 Å². The minimum absolute atomic E-state index is 0.742. The fourth-order valence-corrected chi connectivity index (χ4v) is 2.75. The Hall–Kier alpha value is -0.300. The van der Waals surface area contributed by atoms with E-state index in [1.54, 1.807) is 10.4 Å². The highest BCUT2D eigenvalue weighted by molar-refractivity contribution is 7.10. The summed E-state index contributed by atoms with van der Waals surface area (Å²) in [6, 6.07) is 0. The molecule has 1 heteroatoms. The van der Waals surface area contributed by atoms with E-state index in [0.717, 1.165) is 5.92 Å². The largest absolute Gasteiger partial charge is 0.148 e. The lowest BCUT2D eigenvalue weighted by Gasteiger charge is -2.10. The fourth-order valence-electron chi connectivity index (χ4n) is 1.65. The Bertz CT molecular complexity index is 248. The van der Waals surface area contributed by atoms with Crippen LogP contribution in [0.4, 0.5) is 0 Å². The van der Waals surface area contributed by atoms with Crippen molar-refractivity contribution in [2.24, 2.45) is 0 Å². The molecule has 0 aliphatic heterocycles. The van der Waals surface area contributed by atoms with E-state index in [1.165, 1.54) is 18.4 Å². The summed E-state index contributed by atoms with van der Waals surface area (Å²) in [5.41, 5.74) is 3.11. The molecule has 0 aliphatic rings. The van der Waals surface area contributed by atoms with E-state index in [1.807, 2.05) is 11.3 Å². The molecule has 1 rings (SSSR count). The summed E-state index contributed by atoms with van der Waals surface area (Å²) >= 11 is 1.92. The molecule has 0 aromatic carbocycles. The van der Waals surface area contributed by atoms with Gasteiger partial charge in [0.1, 0.15) is 0 Å². The Morgan fingerprint density at radius 1 is 1.42 bits per heavy atom. The maximum atomic E-state index is 2.33. The molecule has 0 radical (unpaired) electrons. The first kappa shape index (κ1) is 9.79. The van der Waals surface area contributed by atoms with Crippen molar-refractivity contribution in [1.82, 2.24) is 0 Å². The van der Waals surface area contributed by atoms with Crippen LogP contribution in [0.5, 0.6) is 0 Å². The zero-order valence-corrected chi connectivity index (χ0v) is 9.29. The quantitative estimate of drug-likeness (QED) is 0.659. The summed E-state index contributed by atoms with van der Waals surface area (Å²) in [7, 11) is 0. The van der Waals surface area contributed by atoms with Crippen LogP contribution in [-0.4, -0.2) is 0 Å². The Kier molecular flexibility index (Phi) is 3.33. The van der Waals surface area contributed by atoms with Gasteiger partial charge in [0.15, 0.2) is 0 Å². The maximum absolute atomic E-state index is 2.33. The van der Waals surface area contributed by atoms with Gasteiger partial charge in [0, 0.05) is 4.88 Å². The molecule has 0 nitrogen and oxygen atoms in total. The first-order chi connectivity index (χ1) is 5.70. The van der Waals surface area contributed by atoms with Crippen LogP contribution < -0.4 is 0 Å². The van der Waals surface area contributed by atoms with Crippen LogP contribution in [0.15, 0.2) is 5.38 Å². The molecule has 0 amide bonds. The second-order valence-corrected chi connectivity index (χ2v) is 4.38. The Morgan fingerprint density at radius 3 is 2.58 bits per heavy atom. The van der Waals surface area contributed by atoms with Gasteiger partial charge in [-0.2, -0.15) is 0 Å². The van der Waals surface area contributed by atoms with Crippen LogP contribution in [0.3, 0.4) is 0 Å². The van der Waals surface area contributed by atoms with Crippen LogP contribution in [-0.2, 0) is 6.42 Å². The molecule has 12 heavy (non-hydrogen) atoms. The first-order valence-electron chi connectivity index (χ1n) is 4.77. The van der Waals surface area contributed by atoms with Gasteiger partial charge in [0.2, 0.25) is 0 Å². The average molecular weight is 182 g/mol. The van der Waals surface area contributed by atoms with Crippen molar-refractivity contribution in [2.75, 3.05) is 0 Å². The van der Waals surface area contributed by atoms with Crippen molar-refractivity contribution < 1.29 is 0 Å². The van der Waals surface area contributed by atoms with Crippen LogP contribution >= 0.6 is 11.3 Å². The van der Waals surface area contributed by atoms with E-state index >= 15 is 0 Å². The van der Waals surface area contributed by atoms with E-state index in [0.29, 0.717) is 0 Å². The van der Waals surface area contributed by atoms with Crippen molar-refractivity contribution in [3.05, 3.63) is 21.4 Å². The zero-order valence-electron chi connectivity index (χ0n) is 8.48. The van der Waals surface area contributed by atoms with Crippen molar-refractivity contribution in [2.45, 2.75) is 46.5 Å². The molecule has 0 bridgehead atoms. The zero-order chi connectivity index (χ0) is 9.14. The van der Waals surface area contributed by atoms with E-state index < -0.39 is 0 Å².